The van der Waals surface area contributed by atoms with E-state index in [1.54, 1.807) is 17.1 Å². The first-order valence-corrected chi connectivity index (χ1v) is 7.06. The summed E-state index contributed by atoms with van der Waals surface area (Å²) >= 11 is 0. The van der Waals surface area contributed by atoms with Gasteiger partial charge in [0.05, 0.1) is 23.6 Å². The zero-order valence-corrected chi connectivity index (χ0v) is 12.2. The molecule has 0 unspecified atom stereocenters. The van der Waals surface area contributed by atoms with Gasteiger partial charge in [-0.3, -0.25) is 4.98 Å². The predicted molar refractivity (Wildman–Crippen MR) is 81.0 cm³/mol. The van der Waals surface area contributed by atoms with E-state index in [1.165, 1.54) is 0 Å². The van der Waals surface area contributed by atoms with Crippen molar-refractivity contribution >= 4 is 11.0 Å². The number of para-hydroxylation sites is 1. The Morgan fingerprint density at radius 2 is 2.00 bits per heavy atom. The van der Waals surface area contributed by atoms with E-state index in [0.29, 0.717) is 11.7 Å². The zero-order chi connectivity index (χ0) is 14.7. The van der Waals surface area contributed by atoms with Crippen molar-refractivity contribution in [1.29, 1.82) is 0 Å². The van der Waals surface area contributed by atoms with Crippen LogP contribution in [0.25, 0.3) is 16.9 Å². The molecule has 3 rings (SSSR count). The Hall–Kier alpha value is -2.34. The molecule has 108 valence electrons. The van der Waals surface area contributed by atoms with Crippen molar-refractivity contribution in [2.24, 2.45) is 5.92 Å². The van der Waals surface area contributed by atoms with Crippen LogP contribution in [0.2, 0.25) is 0 Å². The largest absolute Gasteiger partial charge is 0.311 e. The molecule has 0 saturated heterocycles. The second kappa shape index (κ2) is 5.97. The zero-order valence-electron chi connectivity index (χ0n) is 12.2. The SMILES string of the molecule is CC(C)CNCc1cnc(-n2nnc3ccccc32)cn1. The molecule has 6 heteroatoms. The van der Waals surface area contributed by atoms with Crippen molar-refractivity contribution in [2.75, 3.05) is 6.54 Å². The Morgan fingerprint density at radius 1 is 1.14 bits per heavy atom. The van der Waals surface area contributed by atoms with Gasteiger partial charge in [-0.25, -0.2) is 4.98 Å². The smallest absolute Gasteiger partial charge is 0.174 e. The molecule has 0 fully saturated rings. The Balaban J connectivity index is 1.78. The number of nitrogens with zero attached hydrogens (tertiary/aromatic N) is 5. The van der Waals surface area contributed by atoms with Crippen molar-refractivity contribution in [1.82, 2.24) is 30.3 Å². The topological polar surface area (TPSA) is 68.5 Å². The lowest BCUT2D eigenvalue weighted by Crippen LogP contribution is -2.19. The maximum atomic E-state index is 4.43. The quantitative estimate of drug-likeness (QED) is 0.774. The first kappa shape index (κ1) is 13.6. The van der Waals surface area contributed by atoms with Gasteiger partial charge in [-0.2, -0.15) is 4.68 Å². The van der Waals surface area contributed by atoms with Gasteiger partial charge >= 0.3 is 0 Å². The lowest BCUT2D eigenvalue weighted by Gasteiger charge is -2.07. The van der Waals surface area contributed by atoms with Crippen LogP contribution in [-0.2, 0) is 6.54 Å². The number of rotatable bonds is 5. The van der Waals surface area contributed by atoms with E-state index in [-0.39, 0.29) is 0 Å². The van der Waals surface area contributed by atoms with E-state index in [1.807, 2.05) is 24.3 Å². The molecule has 1 N–H and O–H groups in total. The van der Waals surface area contributed by atoms with Crippen molar-refractivity contribution in [3.8, 4) is 5.82 Å². The van der Waals surface area contributed by atoms with Crippen LogP contribution in [0.5, 0.6) is 0 Å². The first-order chi connectivity index (χ1) is 10.2. The first-order valence-electron chi connectivity index (χ1n) is 7.06. The second-order valence-electron chi connectivity index (χ2n) is 5.38. The molecule has 21 heavy (non-hydrogen) atoms. The van der Waals surface area contributed by atoms with Gasteiger partial charge in [0.15, 0.2) is 5.82 Å². The van der Waals surface area contributed by atoms with Crippen LogP contribution in [0.15, 0.2) is 36.7 Å². The molecule has 0 aliphatic heterocycles. The second-order valence-corrected chi connectivity index (χ2v) is 5.38. The maximum Gasteiger partial charge on any atom is 0.174 e. The average molecular weight is 282 g/mol. The van der Waals surface area contributed by atoms with E-state index in [9.17, 15) is 0 Å². The molecule has 0 atom stereocenters. The third-order valence-corrected chi connectivity index (χ3v) is 3.12. The van der Waals surface area contributed by atoms with E-state index in [4.69, 9.17) is 0 Å². The van der Waals surface area contributed by atoms with Crippen molar-refractivity contribution in [3.05, 3.63) is 42.4 Å². The summed E-state index contributed by atoms with van der Waals surface area (Å²) in [5.74, 6) is 1.30. The van der Waals surface area contributed by atoms with Crippen LogP contribution in [0.1, 0.15) is 19.5 Å². The van der Waals surface area contributed by atoms with Gasteiger partial charge in [-0.1, -0.05) is 31.2 Å². The summed E-state index contributed by atoms with van der Waals surface area (Å²) in [6, 6.07) is 7.79. The van der Waals surface area contributed by atoms with E-state index in [0.717, 1.165) is 29.8 Å². The highest BCUT2D eigenvalue weighted by molar-refractivity contribution is 5.75. The summed E-state index contributed by atoms with van der Waals surface area (Å²) in [6.45, 7) is 6.05. The van der Waals surface area contributed by atoms with Gasteiger partial charge in [-0.05, 0) is 24.6 Å². The van der Waals surface area contributed by atoms with E-state index >= 15 is 0 Å². The number of nitrogens with one attached hydrogen (secondary N) is 1. The molecule has 0 saturated carbocycles. The fraction of sp³-hybridized carbons (Fsp3) is 0.333. The predicted octanol–water partition coefficient (Wildman–Crippen LogP) is 1.96. The molecule has 1 aromatic carbocycles. The summed E-state index contributed by atoms with van der Waals surface area (Å²) in [7, 11) is 0. The normalized spacial score (nSPS) is 11.4. The number of hydrogen-bond acceptors (Lipinski definition) is 5. The molecule has 0 bridgehead atoms. The molecule has 0 spiro atoms. The minimum absolute atomic E-state index is 0.624. The molecular weight excluding hydrogens is 264 g/mol. The van der Waals surface area contributed by atoms with Crippen LogP contribution in [0, 0.1) is 5.92 Å². The number of fused-ring (bicyclic) bond motifs is 1. The van der Waals surface area contributed by atoms with E-state index < -0.39 is 0 Å². The molecule has 0 aliphatic rings. The fourth-order valence-corrected chi connectivity index (χ4v) is 2.08. The summed E-state index contributed by atoms with van der Waals surface area (Å²) in [6.07, 6.45) is 3.51. The van der Waals surface area contributed by atoms with Crippen LogP contribution in [0.4, 0.5) is 0 Å². The maximum absolute atomic E-state index is 4.43. The summed E-state index contributed by atoms with van der Waals surface area (Å²) in [4.78, 5) is 8.85. The average Bonchev–Trinajstić information content (AvgIpc) is 2.92. The summed E-state index contributed by atoms with van der Waals surface area (Å²) in [5, 5.41) is 11.6. The number of hydrogen-bond donors (Lipinski definition) is 1. The third-order valence-electron chi connectivity index (χ3n) is 3.12. The molecule has 3 aromatic rings. The van der Waals surface area contributed by atoms with Crippen molar-refractivity contribution < 1.29 is 0 Å². The third kappa shape index (κ3) is 3.05. The molecule has 0 radical (unpaired) electrons. The molecular formula is C15H18N6. The number of benzene rings is 1. The molecule has 2 aromatic heterocycles. The van der Waals surface area contributed by atoms with Gasteiger partial charge in [0.1, 0.15) is 5.52 Å². The summed E-state index contributed by atoms with van der Waals surface area (Å²) in [5.41, 5.74) is 2.70. The highest BCUT2D eigenvalue weighted by atomic mass is 15.4. The highest BCUT2D eigenvalue weighted by Gasteiger charge is 2.07. The molecule has 6 nitrogen and oxygen atoms in total. The Bertz CT molecular complexity index is 716. The van der Waals surface area contributed by atoms with Gasteiger partial charge < -0.3 is 5.32 Å². The molecule has 0 amide bonds. The van der Waals surface area contributed by atoms with Gasteiger partial charge in [0.25, 0.3) is 0 Å². The van der Waals surface area contributed by atoms with Crippen LogP contribution >= 0.6 is 0 Å². The Labute approximate surface area is 123 Å². The van der Waals surface area contributed by atoms with Gasteiger partial charge in [0, 0.05) is 6.54 Å². The van der Waals surface area contributed by atoms with Crippen LogP contribution in [-0.4, -0.2) is 31.5 Å². The highest BCUT2D eigenvalue weighted by Crippen LogP contribution is 2.13. The minimum Gasteiger partial charge on any atom is -0.311 e. The van der Waals surface area contributed by atoms with Crippen LogP contribution < -0.4 is 5.32 Å². The molecule has 2 heterocycles. The van der Waals surface area contributed by atoms with Crippen molar-refractivity contribution in [3.63, 3.8) is 0 Å². The summed E-state index contributed by atoms with van der Waals surface area (Å²) < 4.78 is 1.70. The van der Waals surface area contributed by atoms with Crippen molar-refractivity contribution in [2.45, 2.75) is 20.4 Å². The van der Waals surface area contributed by atoms with Gasteiger partial charge in [0.2, 0.25) is 0 Å². The Morgan fingerprint density at radius 3 is 2.76 bits per heavy atom. The van der Waals surface area contributed by atoms with E-state index in [2.05, 4.69) is 39.4 Å². The standard InChI is InChI=1S/C15H18N6/c1-11(2)7-16-8-12-9-18-15(10-17-12)21-14-6-4-3-5-13(14)19-20-21/h3-6,9-11,16H,7-8H2,1-2H3. The molecule has 0 aliphatic carbocycles. The number of aromatic nitrogens is 5. The van der Waals surface area contributed by atoms with Gasteiger partial charge in [-0.15, -0.1) is 5.10 Å². The van der Waals surface area contributed by atoms with Crippen LogP contribution in [0.3, 0.4) is 0 Å². The monoisotopic (exact) mass is 282 g/mol. The minimum atomic E-state index is 0.624. The Kier molecular flexibility index (Phi) is 3.87. The fourth-order valence-electron chi connectivity index (χ4n) is 2.08. The lowest BCUT2D eigenvalue weighted by molar-refractivity contribution is 0.547. The lowest BCUT2D eigenvalue weighted by atomic mass is 10.2.